The van der Waals surface area contributed by atoms with Crippen LogP contribution in [0.25, 0.3) is 21.3 Å². The average molecular weight is 356 g/mol. The smallest absolute Gasteiger partial charge is 0.222 e. The number of halogens is 1. The van der Waals surface area contributed by atoms with Crippen molar-refractivity contribution in [1.82, 2.24) is 15.3 Å². The molecule has 3 aromatic rings. The van der Waals surface area contributed by atoms with Crippen molar-refractivity contribution in [3.63, 3.8) is 0 Å². The van der Waals surface area contributed by atoms with Gasteiger partial charge in [0.05, 0.1) is 5.39 Å². The molecule has 0 aliphatic heterocycles. The maximum Gasteiger partial charge on any atom is 0.222 e. The van der Waals surface area contributed by atoms with Gasteiger partial charge in [0.2, 0.25) is 5.91 Å². The van der Waals surface area contributed by atoms with Gasteiger partial charge in [0.15, 0.2) is 0 Å². The highest BCUT2D eigenvalue weighted by Gasteiger charge is 2.13. The first-order chi connectivity index (χ1) is 12.2. The maximum atomic E-state index is 13.2. The fourth-order valence-electron chi connectivity index (χ4n) is 2.42. The standard InChI is InChI=1S/C18H17FN4OS/c1-2-8-20-15(24)7-9-21-17-16-14(10-25-18(16)23-11-22-17)12-3-5-13(19)6-4-12/h2-6,10-11H,1,7-9H2,(H,20,24)(H,21,22,23). The van der Waals surface area contributed by atoms with E-state index in [0.717, 1.165) is 21.3 Å². The van der Waals surface area contributed by atoms with Gasteiger partial charge in [-0.05, 0) is 17.7 Å². The molecular formula is C18H17FN4OS. The topological polar surface area (TPSA) is 66.9 Å². The molecule has 1 amide bonds. The minimum atomic E-state index is -0.275. The molecule has 3 rings (SSSR count). The van der Waals surface area contributed by atoms with Crippen LogP contribution in [0.3, 0.4) is 0 Å². The van der Waals surface area contributed by atoms with Crippen molar-refractivity contribution in [2.45, 2.75) is 6.42 Å². The number of hydrogen-bond acceptors (Lipinski definition) is 5. The summed E-state index contributed by atoms with van der Waals surface area (Å²) < 4.78 is 13.2. The Morgan fingerprint density at radius 1 is 1.28 bits per heavy atom. The van der Waals surface area contributed by atoms with Crippen LogP contribution >= 0.6 is 11.3 Å². The fraction of sp³-hybridized carbons (Fsp3) is 0.167. The minimum absolute atomic E-state index is 0.0539. The van der Waals surface area contributed by atoms with E-state index in [1.807, 2.05) is 5.38 Å². The molecule has 0 aliphatic carbocycles. The Morgan fingerprint density at radius 2 is 2.08 bits per heavy atom. The summed E-state index contributed by atoms with van der Waals surface area (Å²) in [4.78, 5) is 21.1. The van der Waals surface area contributed by atoms with Crippen molar-refractivity contribution in [3.05, 3.63) is 54.4 Å². The second kappa shape index (κ2) is 7.85. The minimum Gasteiger partial charge on any atom is -0.369 e. The molecule has 5 nitrogen and oxygen atoms in total. The first kappa shape index (κ1) is 17.0. The van der Waals surface area contributed by atoms with Crippen molar-refractivity contribution < 1.29 is 9.18 Å². The van der Waals surface area contributed by atoms with Crippen molar-refractivity contribution in [3.8, 4) is 11.1 Å². The van der Waals surface area contributed by atoms with E-state index in [9.17, 15) is 9.18 Å². The number of thiophene rings is 1. The molecule has 2 aromatic heterocycles. The predicted octanol–water partition coefficient (Wildman–Crippen LogP) is 3.60. The molecule has 0 saturated carbocycles. The van der Waals surface area contributed by atoms with Gasteiger partial charge in [-0.1, -0.05) is 18.2 Å². The number of fused-ring (bicyclic) bond motifs is 1. The molecule has 1 aromatic carbocycles. The van der Waals surface area contributed by atoms with Gasteiger partial charge in [0.1, 0.15) is 22.8 Å². The van der Waals surface area contributed by atoms with Crippen molar-refractivity contribution in [2.24, 2.45) is 0 Å². The Morgan fingerprint density at radius 3 is 2.84 bits per heavy atom. The molecule has 128 valence electrons. The van der Waals surface area contributed by atoms with Gasteiger partial charge in [-0.2, -0.15) is 0 Å². The second-order valence-electron chi connectivity index (χ2n) is 5.33. The highest BCUT2D eigenvalue weighted by molar-refractivity contribution is 7.17. The van der Waals surface area contributed by atoms with E-state index >= 15 is 0 Å². The summed E-state index contributed by atoms with van der Waals surface area (Å²) >= 11 is 1.50. The van der Waals surface area contributed by atoms with E-state index < -0.39 is 0 Å². The van der Waals surface area contributed by atoms with Crippen LogP contribution in [0.1, 0.15) is 6.42 Å². The van der Waals surface area contributed by atoms with Crippen LogP contribution in [-0.4, -0.2) is 29.0 Å². The summed E-state index contributed by atoms with van der Waals surface area (Å²) in [7, 11) is 0. The van der Waals surface area contributed by atoms with Gasteiger partial charge in [0, 0.05) is 30.5 Å². The largest absolute Gasteiger partial charge is 0.369 e. The van der Waals surface area contributed by atoms with Crippen LogP contribution in [0.2, 0.25) is 0 Å². The van der Waals surface area contributed by atoms with Crippen molar-refractivity contribution in [2.75, 3.05) is 18.4 Å². The van der Waals surface area contributed by atoms with Crippen LogP contribution in [0, 0.1) is 5.82 Å². The number of aromatic nitrogens is 2. The van der Waals surface area contributed by atoms with Crippen LogP contribution in [0.15, 0.2) is 48.6 Å². The number of benzene rings is 1. The van der Waals surface area contributed by atoms with E-state index in [1.54, 1.807) is 18.2 Å². The zero-order valence-corrected chi connectivity index (χ0v) is 14.3. The second-order valence-corrected chi connectivity index (χ2v) is 6.19. The molecule has 0 atom stereocenters. The molecule has 0 saturated heterocycles. The Balaban J connectivity index is 1.81. The van der Waals surface area contributed by atoms with Crippen molar-refractivity contribution in [1.29, 1.82) is 0 Å². The lowest BCUT2D eigenvalue weighted by Gasteiger charge is -2.08. The van der Waals surface area contributed by atoms with Crippen LogP contribution in [-0.2, 0) is 4.79 Å². The number of amides is 1. The molecule has 0 aliphatic rings. The summed E-state index contributed by atoms with van der Waals surface area (Å²) in [5.41, 5.74) is 1.84. The van der Waals surface area contributed by atoms with E-state index in [4.69, 9.17) is 0 Å². The van der Waals surface area contributed by atoms with Crippen molar-refractivity contribution >= 4 is 33.3 Å². The zero-order valence-electron chi connectivity index (χ0n) is 13.5. The summed E-state index contributed by atoms with van der Waals surface area (Å²) in [6.45, 7) is 4.47. The Bertz CT molecular complexity index is 892. The third-order valence-electron chi connectivity index (χ3n) is 3.61. The quantitative estimate of drug-likeness (QED) is 0.635. The third kappa shape index (κ3) is 4.00. The van der Waals surface area contributed by atoms with Gasteiger partial charge < -0.3 is 10.6 Å². The van der Waals surface area contributed by atoms with Crippen LogP contribution in [0.4, 0.5) is 10.2 Å². The molecule has 25 heavy (non-hydrogen) atoms. The first-order valence-electron chi connectivity index (χ1n) is 7.78. The lowest BCUT2D eigenvalue weighted by Crippen LogP contribution is -2.25. The predicted molar refractivity (Wildman–Crippen MR) is 99.1 cm³/mol. The third-order valence-corrected chi connectivity index (χ3v) is 4.50. The molecule has 0 radical (unpaired) electrons. The lowest BCUT2D eigenvalue weighted by molar-refractivity contribution is -0.120. The average Bonchev–Trinajstić information content (AvgIpc) is 3.05. The SMILES string of the molecule is C=CCNC(=O)CCNc1ncnc2scc(-c3ccc(F)cc3)c12. The molecule has 0 fully saturated rings. The zero-order chi connectivity index (χ0) is 17.6. The maximum absolute atomic E-state index is 13.2. The van der Waals surface area contributed by atoms with E-state index in [2.05, 4.69) is 27.2 Å². The number of nitrogens with one attached hydrogen (secondary N) is 2. The summed E-state index contributed by atoms with van der Waals surface area (Å²) in [6.07, 6.45) is 3.46. The Kier molecular flexibility index (Phi) is 5.35. The van der Waals surface area contributed by atoms with Gasteiger partial charge in [-0.25, -0.2) is 14.4 Å². The Labute approximate surface area is 148 Å². The van der Waals surface area contributed by atoms with Gasteiger partial charge in [0.25, 0.3) is 0 Å². The van der Waals surface area contributed by atoms with Crippen LogP contribution < -0.4 is 10.6 Å². The monoisotopic (exact) mass is 356 g/mol. The summed E-state index contributed by atoms with van der Waals surface area (Å²) in [5.74, 6) is 0.340. The number of carbonyl (C=O) groups excluding carboxylic acids is 1. The lowest BCUT2D eigenvalue weighted by atomic mass is 10.1. The molecule has 2 heterocycles. The number of rotatable bonds is 7. The van der Waals surface area contributed by atoms with E-state index in [0.29, 0.717) is 25.3 Å². The molecule has 0 spiro atoms. The molecule has 7 heteroatoms. The Hall–Kier alpha value is -2.80. The first-order valence-corrected chi connectivity index (χ1v) is 8.66. The molecule has 0 bridgehead atoms. The molecule has 0 unspecified atom stereocenters. The normalized spacial score (nSPS) is 10.6. The number of carbonyl (C=O) groups is 1. The summed E-state index contributed by atoms with van der Waals surface area (Å²) in [6, 6.07) is 6.33. The molecule has 2 N–H and O–H groups in total. The van der Waals surface area contributed by atoms with Crippen LogP contribution in [0.5, 0.6) is 0 Å². The number of nitrogens with zero attached hydrogens (tertiary/aromatic N) is 2. The number of hydrogen-bond donors (Lipinski definition) is 2. The van der Waals surface area contributed by atoms with E-state index in [-0.39, 0.29) is 11.7 Å². The van der Waals surface area contributed by atoms with Gasteiger partial charge in [-0.15, -0.1) is 17.9 Å². The summed E-state index contributed by atoms with van der Waals surface area (Å²) in [5, 5.41) is 8.79. The van der Waals surface area contributed by atoms with Gasteiger partial charge in [-0.3, -0.25) is 4.79 Å². The van der Waals surface area contributed by atoms with E-state index in [1.165, 1.54) is 29.8 Å². The molecular weight excluding hydrogens is 339 g/mol. The number of anilines is 1. The fourth-order valence-corrected chi connectivity index (χ4v) is 3.34. The highest BCUT2D eigenvalue weighted by Crippen LogP contribution is 2.36. The highest BCUT2D eigenvalue weighted by atomic mass is 32.1. The van der Waals surface area contributed by atoms with Gasteiger partial charge >= 0.3 is 0 Å².